The Morgan fingerprint density at radius 3 is 2.46 bits per heavy atom. The lowest BCUT2D eigenvalue weighted by Crippen LogP contribution is -2.40. The largest absolute Gasteiger partial charge is 0.330 e. The fourth-order valence-corrected chi connectivity index (χ4v) is 4.61. The number of nitrogens with two attached hydrogens (primary N) is 1. The third-order valence-corrected chi connectivity index (χ3v) is 5.53. The highest BCUT2D eigenvalue weighted by Gasteiger charge is 2.40. The molecule has 0 bridgehead atoms. The van der Waals surface area contributed by atoms with E-state index in [1.165, 1.54) is 50.7 Å². The molecule has 1 unspecified atom stereocenters. The number of hydrogen-bond acceptors (Lipinski definition) is 2. The van der Waals surface area contributed by atoms with Crippen LogP contribution in [0.2, 0.25) is 0 Å². The highest BCUT2D eigenvalue weighted by atomic mass is 32.2. The molecular formula is C11H21NS. The van der Waals surface area contributed by atoms with Gasteiger partial charge in [-0.2, -0.15) is 11.8 Å². The van der Waals surface area contributed by atoms with Crippen LogP contribution < -0.4 is 5.73 Å². The Labute approximate surface area is 85.8 Å². The molecule has 2 fully saturated rings. The van der Waals surface area contributed by atoms with Crippen molar-refractivity contribution in [3.8, 4) is 0 Å². The van der Waals surface area contributed by atoms with Crippen molar-refractivity contribution >= 4 is 11.8 Å². The third kappa shape index (κ3) is 1.89. The summed E-state index contributed by atoms with van der Waals surface area (Å²) in [5.41, 5.74) is 6.55. The second-order valence-electron chi connectivity index (χ2n) is 4.63. The standard InChI is InChI=1S/C11H21NS/c12-9-11(6-2-1-3-7-11)10-5-4-8-13-10/h10H,1-9,12H2. The van der Waals surface area contributed by atoms with Crippen LogP contribution in [0.25, 0.3) is 0 Å². The zero-order valence-corrected chi connectivity index (χ0v) is 9.24. The summed E-state index contributed by atoms with van der Waals surface area (Å²) in [5, 5.41) is 0.901. The van der Waals surface area contributed by atoms with Gasteiger partial charge in [0.2, 0.25) is 0 Å². The van der Waals surface area contributed by atoms with Crippen molar-refractivity contribution in [2.45, 2.75) is 50.2 Å². The Morgan fingerprint density at radius 2 is 1.92 bits per heavy atom. The average Bonchev–Trinajstić information content (AvgIpc) is 2.72. The Bertz CT molecular complexity index is 157. The fourth-order valence-electron chi connectivity index (χ4n) is 2.97. The Morgan fingerprint density at radius 1 is 1.15 bits per heavy atom. The van der Waals surface area contributed by atoms with E-state index in [0.29, 0.717) is 5.41 Å². The van der Waals surface area contributed by atoms with Gasteiger partial charge < -0.3 is 5.73 Å². The molecule has 2 rings (SSSR count). The van der Waals surface area contributed by atoms with Gasteiger partial charge in [0.1, 0.15) is 0 Å². The van der Waals surface area contributed by atoms with Crippen LogP contribution in [-0.2, 0) is 0 Å². The molecule has 1 heterocycles. The first kappa shape index (κ1) is 9.85. The number of thioether (sulfide) groups is 1. The second kappa shape index (κ2) is 4.22. The molecule has 1 saturated carbocycles. The summed E-state index contributed by atoms with van der Waals surface area (Å²) in [6.45, 7) is 0.935. The first-order valence-corrected chi connectivity index (χ1v) is 6.74. The van der Waals surface area contributed by atoms with Crippen LogP contribution in [0.5, 0.6) is 0 Å². The molecule has 1 atom stereocenters. The highest BCUT2D eigenvalue weighted by molar-refractivity contribution is 8.00. The van der Waals surface area contributed by atoms with Crippen LogP contribution in [0.4, 0.5) is 0 Å². The maximum Gasteiger partial charge on any atom is 0.0116 e. The van der Waals surface area contributed by atoms with Crippen LogP contribution in [-0.4, -0.2) is 17.5 Å². The fraction of sp³-hybridized carbons (Fsp3) is 1.00. The molecule has 0 spiro atoms. The number of hydrogen-bond donors (Lipinski definition) is 1. The van der Waals surface area contributed by atoms with Gasteiger partial charge in [0.15, 0.2) is 0 Å². The van der Waals surface area contributed by atoms with Gasteiger partial charge >= 0.3 is 0 Å². The van der Waals surface area contributed by atoms with Gasteiger partial charge in [-0.1, -0.05) is 19.3 Å². The van der Waals surface area contributed by atoms with E-state index in [1.54, 1.807) is 0 Å². The minimum absolute atomic E-state index is 0.541. The van der Waals surface area contributed by atoms with Crippen molar-refractivity contribution in [2.24, 2.45) is 11.1 Å². The van der Waals surface area contributed by atoms with Gasteiger partial charge in [0.05, 0.1) is 0 Å². The lowest BCUT2D eigenvalue weighted by Gasteiger charge is -2.41. The van der Waals surface area contributed by atoms with E-state index in [9.17, 15) is 0 Å². The topological polar surface area (TPSA) is 26.0 Å². The summed E-state index contributed by atoms with van der Waals surface area (Å²) in [7, 11) is 0. The summed E-state index contributed by atoms with van der Waals surface area (Å²) in [6.07, 6.45) is 9.96. The molecule has 0 aromatic heterocycles. The van der Waals surface area contributed by atoms with Gasteiger partial charge in [-0.05, 0) is 43.4 Å². The van der Waals surface area contributed by atoms with Crippen LogP contribution in [0.1, 0.15) is 44.9 Å². The molecule has 1 aliphatic heterocycles. The van der Waals surface area contributed by atoms with E-state index in [4.69, 9.17) is 5.73 Å². The zero-order valence-electron chi connectivity index (χ0n) is 8.43. The Hall–Kier alpha value is 0.310. The van der Waals surface area contributed by atoms with Crippen molar-refractivity contribution in [3.63, 3.8) is 0 Å². The quantitative estimate of drug-likeness (QED) is 0.740. The van der Waals surface area contributed by atoms with Crippen molar-refractivity contribution in [1.82, 2.24) is 0 Å². The van der Waals surface area contributed by atoms with E-state index in [-0.39, 0.29) is 0 Å². The third-order valence-electron chi connectivity index (χ3n) is 3.87. The van der Waals surface area contributed by atoms with Gasteiger partial charge in [-0.15, -0.1) is 0 Å². The average molecular weight is 199 g/mol. The second-order valence-corrected chi connectivity index (χ2v) is 5.94. The molecule has 0 aromatic rings. The van der Waals surface area contributed by atoms with Gasteiger partial charge in [-0.25, -0.2) is 0 Å². The van der Waals surface area contributed by atoms with Crippen molar-refractivity contribution < 1.29 is 0 Å². The van der Waals surface area contributed by atoms with Crippen LogP contribution in [0, 0.1) is 5.41 Å². The van der Waals surface area contributed by atoms with Crippen molar-refractivity contribution in [2.75, 3.05) is 12.3 Å². The Balaban J connectivity index is 2.03. The molecule has 2 N–H and O–H groups in total. The minimum Gasteiger partial charge on any atom is -0.330 e. The molecule has 0 aromatic carbocycles. The van der Waals surface area contributed by atoms with Gasteiger partial charge in [-0.3, -0.25) is 0 Å². The molecule has 2 aliphatic rings. The molecule has 13 heavy (non-hydrogen) atoms. The predicted molar refractivity (Wildman–Crippen MR) is 60.1 cm³/mol. The van der Waals surface area contributed by atoms with E-state index in [0.717, 1.165) is 11.8 Å². The molecule has 1 saturated heterocycles. The zero-order chi connectivity index (χ0) is 9.15. The summed E-state index contributed by atoms with van der Waals surface area (Å²) < 4.78 is 0. The Kier molecular flexibility index (Phi) is 3.20. The molecule has 0 amide bonds. The first-order chi connectivity index (χ1) is 6.37. The summed E-state index contributed by atoms with van der Waals surface area (Å²) >= 11 is 2.19. The monoisotopic (exact) mass is 199 g/mol. The first-order valence-electron chi connectivity index (χ1n) is 5.69. The van der Waals surface area contributed by atoms with E-state index in [2.05, 4.69) is 11.8 Å². The van der Waals surface area contributed by atoms with E-state index < -0.39 is 0 Å². The van der Waals surface area contributed by atoms with E-state index >= 15 is 0 Å². The van der Waals surface area contributed by atoms with E-state index in [1.807, 2.05) is 0 Å². The molecule has 0 radical (unpaired) electrons. The lowest BCUT2D eigenvalue weighted by atomic mass is 9.71. The van der Waals surface area contributed by atoms with Crippen molar-refractivity contribution in [3.05, 3.63) is 0 Å². The maximum absolute atomic E-state index is 6.00. The SMILES string of the molecule is NCC1(C2CCCS2)CCCCC1. The van der Waals surface area contributed by atoms with Gasteiger partial charge in [0.25, 0.3) is 0 Å². The maximum atomic E-state index is 6.00. The molecular weight excluding hydrogens is 178 g/mol. The van der Waals surface area contributed by atoms with Crippen molar-refractivity contribution in [1.29, 1.82) is 0 Å². The normalized spacial score (nSPS) is 33.5. The number of rotatable bonds is 2. The van der Waals surface area contributed by atoms with Crippen LogP contribution in [0.15, 0.2) is 0 Å². The minimum atomic E-state index is 0.541. The summed E-state index contributed by atoms with van der Waals surface area (Å²) in [5.74, 6) is 1.38. The summed E-state index contributed by atoms with van der Waals surface area (Å²) in [6, 6.07) is 0. The molecule has 1 nitrogen and oxygen atoms in total. The predicted octanol–water partition coefficient (Wildman–Crippen LogP) is 2.79. The van der Waals surface area contributed by atoms with Gasteiger partial charge in [0, 0.05) is 5.25 Å². The van der Waals surface area contributed by atoms with Crippen LogP contribution in [0.3, 0.4) is 0 Å². The summed E-state index contributed by atoms with van der Waals surface area (Å²) in [4.78, 5) is 0. The smallest absolute Gasteiger partial charge is 0.0116 e. The highest BCUT2D eigenvalue weighted by Crippen LogP contribution is 2.47. The molecule has 2 heteroatoms. The lowest BCUT2D eigenvalue weighted by molar-refractivity contribution is 0.190. The van der Waals surface area contributed by atoms with Crippen LogP contribution >= 0.6 is 11.8 Å². The molecule has 1 aliphatic carbocycles. The molecule has 76 valence electrons.